The summed E-state index contributed by atoms with van der Waals surface area (Å²) in [5.74, 6) is -1.33. The maximum absolute atomic E-state index is 11.3. The van der Waals surface area contributed by atoms with Crippen LogP contribution in [0.15, 0.2) is 35.3 Å². The maximum Gasteiger partial charge on any atom is 1.00 e. The molecule has 6 nitrogen and oxygen atoms in total. The van der Waals surface area contributed by atoms with Crippen LogP contribution in [0, 0.1) is 0 Å². The third-order valence-electron chi connectivity index (χ3n) is 2.21. The van der Waals surface area contributed by atoms with Crippen LogP contribution in [0.2, 0.25) is 0 Å². The molecule has 0 aliphatic heterocycles. The Kier molecular flexibility index (Phi) is 9.60. The van der Waals surface area contributed by atoms with Crippen molar-refractivity contribution in [1.82, 2.24) is 0 Å². The Hall–Kier alpha value is 0.436. The first-order chi connectivity index (χ1) is 8.43. The molecular weight excluding hydrogens is 296 g/mol. The zero-order valence-electron chi connectivity index (χ0n) is 10.9. The maximum atomic E-state index is 11.3. The van der Waals surface area contributed by atoms with Crippen molar-refractivity contribution in [3.05, 3.63) is 35.9 Å². The summed E-state index contributed by atoms with van der Waals surface area (Å²) in [7, 11) is -4.39. The molecule has 100 valence electrons. The van der Waals surface area contributed by atoms with Gasteiger partial charge < -0.3 is 14.7 Å². The molecule has 0 saturated carbocycles. The summed E-state index contributed by atoms with van der Waals surface area (Å²) in [5.41, 5.74) is 0.783. The molecular formula is C11H15KNO5P. The summed E-state index contributed by atoms with van der Waals surface area (Å²) in [4.78, 5) is 32.2. The zero-order chi connectivity index (χ0) is 13.6. The van der Waals surface area contributed by atoms with Gasteiger partial charge in [-0.3, -0.25) is 0 Å². The van der Waals surface area contributed by atoms with Crippen molar-refractivity contribution in [3.8, 4) is 0 Å². The van der Waals surface area contributed by atoms with Gasteiger partial charge in [-0.2, -0.15) is 0 Å². The van der Waals surface area contributed by atoms with E-state index in [1.807, 2.05) is 6.07 Å². The van der Waals surface area contributed by atoms with Gasteiger partial charge in [0.15, 0.2) is 0 Å². The molecule has 8 heteroatoms. The molecule has 0 radical (unpaired) electrons. The molecule has 0 aliphatic carbocycles. The molecule has 1 aromatic carbocycles. The van der Waals surface area contributed by atoms with Gasteiger partial charge in [0.05, 0.1) is 0 Å². The van der Waals surface area contributed by atoms with E-state index in [0.29, 0.717) is 0 Å². The summed E-state index contributed by atoms with van der Waals surface area (Å²) in [5, 5.41) is 11.3. The van der Waals surface area contributed by atoms with Crippen LogP contribution >= 0.6 is 7.94 Å². The van der Waals surface area contributed by atoms with Gasteiger partial charge in [-0.05, 0) is 5.56 Å². The van der Waals surface area contributed by atoms with E-state index in [-0.39, 0.29) is 64.4 Å². The van der Waals surface area contributed by atoms with Crippen LogP contribution in [-0.4, -0.2) is 21.7 Å². The number of aliphatic imine (C=N–C) groups is 1. The molecule has 0 saturated heterocycles. The summed E-state index contributed by atoms with van der Waals surface area (Å²) in [6.45, 7) is 1.57. The summed E-state index contributed by atoms with van der Waals surface area (Å²) >= 11 is 0. The third kappa shape index (κ3) is 7.70. The van der Waals surface area contributed by atoms with Crippen LogP contribution in [-0.2, 0) is 11.3 Å². The minimum atomic E-state index is -4.39. The Morgan fingerprint density at radius 2 is 1.95 bits per heavy atom. The largest absolute Gasteiger partial charge is 1.00 e. The molecule has 1 aromatic rings. The molecule has 1 atom stereocenters. The minimum absolute atomic E-state index is 0. The molecule has 0 amide bonds. The second kappa shape index (κ2) is 9.39. The van der Waals surface area contributed by atoms with Gasteiger partial charge in [0.25, 0.3) is 7.94 Å². The Morgan fingerprint density at radius 3 is 2.42 bits per heavy atom. The molecule has 0 bridgehead atoms. The Labute approximate surface area is 155 Å². The van der Waals surface area contributed by atoms with Crippen molar-refractivity contribution in [2.75, 3.05) is 0 Å². The van der Waals surface area contributed by atoms with Crippen LogP contribution in [0.4, 0.5) is 0 Å². The van der Waals surface area contributed by atoms with Gasteiger partial charge in [-0.1, -0.05) is 37.3 Å². The fourth-order valence-corrected chi connectivity index (χ4v) is 2.00. The van der Waals surface area contributed by atoms with Crippen molar-refractivity contribution < 1.29 is 75.9 Å². The Morgan fingerprint density at radius 1 is 1.37 bits per heavy atom. The van der Waals surface area contributed by atoms with E-state index in [1.54, 1.807) is 24.3 Å². The summed E-state index contributed by atoms with van der Waals surface area (Å²) < 4.78 is 4.81. The third-order valence-corrected chi connectivity index (χ3v) is 3.47. The van der Waals surface area contributed by atoms with Crippen molar-refractivity contribution in [2.45, 2.75) is 25.7 Å². The second-order valence-electron chi connectivity index (χ2n) is 3.65. The van der Waals surface area contributed by atoms with E-state index < -0.39 is 19.8 Å². The van der Waals surface area contributed by atoms with Gasteiger partial charge in [0.2, 0.25) is 5.78 Å². The molecule has 19 heavy (non-hydrogen) atoms. The Bertz CT molecular complexity index is 396. The van der Waals surface area contributed by atoms with Crippen LogP contribution < -0.4 is 61.4 Å². The average molecular weight is 311 g/mol. The molecule has 1 rings (SSSR count). The standard InChI is InChI=1S/C11H16NO5P.K/c1-2-10(18(14,15)16)12-11(13)17-8-9-6-4-3-5-7-9;/h3-7,10H,2,8H2,1H3,(H,12,13)(H2,14,15,16);/q;+1/p-1. The number of hydrogen-bond donors (Lipinski definition) is 2. The number of ether oxygens (including phenoxy) is 1. The fraction of sp³-hybridized carbons (Fsp3) is 0.364. The van der Waals surface area contributed by atoms with Gasteiger partial charge in [-0.25, -0.2) is 14.8 Å². The molecule has 0 fully saturated rings. The first kappa shape index (κ1) is 19.4. The average Bonchev–Trinajstić information content (AvgIpc) is 2.33. The van der Waals surface area contributed by atoms with E-state index in [4.69, 9.17) is 14.5 Å². The molecule has 1 unspecified atom stereocenters. The minimum Gasteiger partial charge on any atom is -0.630 e. The van der Waals surface area contributed by atoms with Crippen LogP contribution in [0.25, 0.3) is 0 Å². The predicted octanol–water partition coefficient (Wildman–Crippen LogP) is -3.23. The number of hydrogen-bond acceptors (Lipinski definition) is 6. The number of rotatable bonds is 5. The van der Waals surface area contributed by atoms with Crippen molar-refractivity contribution >= 4 is 14.0 Å². The molecule has 0 heterocycles. The summed E-state index contributed by atoms with van der Waals surface area (Å²) in [6, 6.07) is 8.97. The van der Waals surface area contributed by atoms with Crippen LogP contribution in [0.5, 0.6) is 0 Å². The van der Waals surface area contributed by atoms with Crippen molar-refractivity contribution in [2.24, 2.45) is 4.99 Å². The van der Waals surface area contributed by atoms with Crippen molar-refractivity contribution in [3.63, 3.8) is 0 Å². The zero-order valence-corrected chi connectivity index (χ0v) is 14.9. The SMILES string of the molecule is CCC(N=C([O-])OCc1ccccc1)[P+]([O-])(O)O.[K+]. The topological polar surface area (TPSA) is 108 Å². The molecule has 2 N–H and O–H groups in total. The van der Waals surface area contributed by atoms with E-state index >= 15 is 0 Å². The number of benzene rings is 1. The normalized spacial score (nSPS) is 13.6. The molecule has 0 aliphatic rings. The van der Waals surface area contributed by atoms with Crippen LogP contribution in [0.1, 0.15) is 18.9 Å². The molecule has 0 spiro atoms. The second-order valence-corrected chi connectivity index (χ2v) is 5.42. The Balaban J connectivity index is 0.00000324. The van der Waals surface area contributed by atoms with Gasteiger partial charge in [0, 0.05) is 13.0 Å². The van der Waals surface area contributed by atoms with E-state index in [1.165, 1.54) is 6.92 Å². The molecule has 0 aromatic heterocycles. The smallest absolute Gasteiger partial charge is 0.630 e. The van der Waals surface area contributed by atoms with E-state index in [9.17, 15) is 10.00 Å². The first-order valence-electron chi connectivity index (χ1n) is 5.40. The van der Waals surface area contributed by atoms with E-state index in [0.717, 1.165) is 5.56 Å². The van der Waals surface area contributed by atoms with Gasteiger partial charge >= 0.3 is 51.4 Å². The van der Waals surface area contributed by atoms with Crippen LogP contribution in [0.3, 0.4) is 0 Å². The first-order valence-corrected chi connectivity index (χ1v) is 7.08. The van der Waals surface area contributed by atoms with Gasteiger partial charge in [-0.15, -0.1) is 0 Å². The number of nitrogens with zero attached hydrogens (tertiary/aromatic N) is 1. The fourth-order valence-electron chi connectivity index (χ4n) is 1.28. The quantitative estimate of drug-likeness (QED) is 0.257. The van der Waals surface area contributed by atoms with Crippen molar-refractivity contribution in [1.29, 1.82) is 0 Å². The van der Waals surface area contributed by atoms with Gasteiger partial charge in [0.1, 0.15) is 6.08 Å². The predicted molar refractivity (Wildman–Crippen MR) is 64.1 cm³/mol. The van der Waals surface area contributed by atoms with E-state index in [2.05, 4.69) is 4.99 Å². The summed E-state index contributed by atoms with van der Waals surface area (Å²) in [6.07, 6.45) is -0.890. The monoisotopic (exact) mass is 311 g/mol.